The number of benzene rings is 1. The van der Waals surface area contributed by atoms with Crippen LogP contribution >= 0.6 is 11.6 Å². The highest BCUT2D eigenvalue weighted by Crippen LogP contribution is 2.40. The maximum Gasteiger partial charge on any atom is 0.227 e. The number of rotatable bonds is 1. The number of hydrogen-bond donors (Lipinski definition) is 0. The highest BCUT2D eigenvalue weighted by atomic mass is 35.5. The Bertz CT molecular complexity index is 476. The number of carbonyl (C=O) groups excluding carboxylic acids is 1. The summed E-state index contributed by atoms with van der Waals surface area (Å²) in [5, 5.41) is -0.00858. The average molecular weight is 266 g/mol. The van der Waals surface area contributed by atoms with E-state index in [-0.39, 0.29) is 16.7 Å². The second kappa shape index (κ2) is 4.58. The van der Waals surface area contributed by atoms with Crippen molar-refractivity contribution < 1.29 is 4.79 Å². The lowest BCUT2D eigenvalue weighted by Crippen LogP contribution is -2.31. The number of aryl methyl sites for hydroxylation is 1. The Hall–Kier alpha value is -1.02. The molecular formula is C15H20ClNO. The van der Waals surface area contributed by atoms with Crippen molar-refractivity contribution in [3.8, 4) is 0 Å². The molecule has 0 fully saturated rings. The maximum absolute atomic E-state index is 11.6. The van der Waals surface area contributed by atoms with Crippen LogP contribution in [-0.2, 0) is 11.2 Å². The van der Waals surface area contributed by atoms with E-state index >= 15 is 0 Å². The number of fused-ring (bicyclic) bond motifs is 1. The Balaban J connectivity index is 2.37. The minimum atomic E-state index is -0.00858. The third-order valence-electron chi connectivity index (χ3n) is 3.50. The summed E-state index contributed by atoms with van der Waals surface area (Å²) in [6.45, 7) is 6.42. The minimum Gasteiger partial charge on any atom is -0.315 e. The minimum absolute atomic E-state index is 0.00858. The summed E-state index contributed by atoms with van der Waals surface area (Å²) >= 11 is 6.51. The van der Waals surface area contributed by atoms with Gasteiger partial charge in [0.25, 0.3) is 0 Å². The maximum atomic E-state index is 11.6. The van der Waals surface area contributed by atoms with Crippen LogP contribution in [0.2, 0.25) is 0 Å². The Kier molecular flexibility index (Phi) is 3.41. The first-order chi connectivity index (χ1) is 8.30. The quantitative estimate of drug-likeness (QED) is 0.705. The smallest absolute Gasteiger partial charge is 0.227 e. The number of halogens is 1. The van der Waals surface area contributed by atoms with Gasteiger partial charge in [0.2, 0.25) is 5.91 Å². The van der Waals surface area contributed by atoms with Gasteiger partial charge in [0.05, 0.1) is 5.38 Å². The lowest BCUT2D eigenvalue weighted by Gasteiger charge is -2.29. The first-order valence-corrected chi connectivity index (χ1v) is 6.78. The molecule has 0 N–H and O–H groups in total. The van der Waals surface area contributed by atoms with E-state index in [1.165, 1.54) is 5.56 Å². The Morgan fingerprint density at radius 3 is 2.56 bits per heavy atom. The van der Waals surface area contributed by atoms with E-state index in [9.17, 15) is 4.79 Å². The Labute approximate surface area is 114 Å². The summed E-state index contributed by atoms with van der Waals surface area (Å²) in [5.74, 6) is 0.188. The van der Waals surface area contributed by atoms with Gasteiger partial charge < -0.3 is 4.90 Å². The lowest BCUT2D eigenvalue weighted by molar-refractivity contribution is -0.118. The summed E-state index contributed by atoms with van der Waals surface area (Å²) in [4.78, 5) is 13.4. The van der Waals surface area contributed by atoms with E-state index in [0.29, 0.717) is 6.42 Å². The van der Waals surface area contributed by atoms with E-state index in [0.717, 1.165) is 17.7 Å². The van der Waals surface area contributed by atoms with Crippen molar-refractivity contribution in [2.24, 2.45) is 5.41 Å². The molecule has 3 heteroatoms. The highest BCUT2D eigenvalue weighted by molar-refractivity contribution is 6.21. The van der Waals surface area contributed by atoms with Gasteiger partial charge in [-0.25, -0.2) is 0 Å². The van der Waals surface area contributed by atoms with Crippen molar-refractivity contribution in [2.45, 2.75) is 39.0 Å². The zero-order valence-corrected chi connectivity index (χ0v) is 12.2. The van der Waals surface area contributed by atoms with Crippen molar-refractivity contribution in [3.63, 3.8) is 0 Å². The van der Waals surface area contributed by atoms with E-state index in [4.69, 9.17) is 11.6 Å². The number of alkyl halides is 1. The zero-order chi connectivity index (χ0) is 13.5. The summed E-state index contributed by atoms with van der Waals surface area (Å²) in [6.07, 6.45) is 1.41. The molecule has 1 aromatic carbocycles. The summed E-state index contributed by atoms with van der Waals surface area (Å²) in [5.41, 5.74) is 3.43. The first kappa shape index (κ1) is 13.4. The molecule has 1 aliphatic heterocycles. The van der Waals surface area contributed by atoms with Gasteiger partial charge in [0.1, 0.15) is 0 Å². The molecule has 1 amide bonds. The molecule has 0 aliphatic carbocycles. The molecular weight excluding hydrogens is 246 g/mol. The van der Waals surface area contributed by atoms with Crippen LogP contribution in [0, 0.1) is 5.41 Å². The molecule has 1 aliphatic rings. The molecule has 0 radical (unpaired) electrons. The van der Waals surface area contributed by atoms with Crippen molar-refractivity contribution in [1.29, 1.82) is 0 Å². The molecule has 1 unspecified atom stereocenters. The zero-order valence-electron chi connectivity index (χ0n) is 11.5. The molecule has 98 valence electrons. The fraction of sp³-hybridized carbons (Fsp3) is 0.533. The number of nitrogens with zero attached hydrogens (tertiary/aromatic N) is 1. The van der Waals surface area contributed by atoms with Crippen molar-refractivity contribution in [2.75, 3.05) is 11.9 Å². The van der Waals surface area contributed by atoms with Gasteiger partial charge in [0.15, 0.2) is 0 Å². The SMILES string of the molecule is CN1C(=O)CCc2cc(C(Cl)C(C)(C)C)ccc21. The molecule has 0 bridgehead atoms. The predicted octanol–water partition coefficient (Wildman–Crippen LogP) is 3.92. The number of anilines is 1. The van der Waals surface area contributed by atoms with Crippen LogP contribution < -0.4 is 4.90 Å². The van der Waals surface area contributed by atoms with Crippen LogP contribution in [0.4, 0.5) is 5.69 Å². The van der Waals surface area contributed by atoms with Crippen LogP contribution in [0.3, 0.4) is 0 Å². The first-order valence-electron chi connectivity index (χ1n) is 6.34. The fourth-order valence-corrected chi connectivity index (χ4v) is 2.47. The van der Waals surface area contributed by atoms with E-state index in [1.54, 1.807) is 4.90 Å². The van der Waals surface area contributed by atoms with E-state index < -0.39 is 0 Å². The van der Waals surface area contributed by atoms with Crippen LogP contribution in [0.5, 0.6) is 0 Å². The van der Waals surface area contributed by atoms with Crippen molar-refractivity contribution in [3.05, 3.63) is 29.3 Å². The largest absolute Gasteiger partial charge is 0.315 e. The van der Waals surface area contributed by atoms with Crippen LogP contribution in [0.1, 0.15) is 43.7 Å². The highest BCUT2D eigenvalue weighted by Gasteiger charge is 2.26. The summed E-state index contributed by atoms with van der Waals surface area (Å²) in [7, 11) is 1.84. The molecule has 18 heavy (non-hydrogen) atoms. The second-order valence-corrected chi connectivity index (χ2v) is 6.51. The van der Waals surface area contributed by atoms with Gasteiger partial charge in [-0.2, -0.15) is 0 Å². The number of hydrogen-bond acceptors (Lipinski definition) is 1. The van der Waals surface area contributed by atoms with Crippen LogP contribution in [-0.4, -0.2) is 13.0 Å². The molecule has 1 aromatic rings. The normalized spacial score (nSPS) is 17.6. The topological polar surface area (TPSA) is 20.3 Å². The van der Waals surface area contributed by atoms with Crippen LogP contribution in [0.25, 0.3) is 0 Å². The van der Waals surface area contributed by atoms with Gasteiger partial charge in [0, 0.05) is 19.2 Å². The third-order valence-corrected chi connectivity index (χ3v) is 4.41. The Morgan fingerprint density at radius 2 is 1.94 bits per heavy atom. The van der Waals surface area contributed by atoms with Gasteiger partial charge in [-0.3, -0.25) is 4.79 Å². The molecule has 1 atom stereocenters. The third kappa shape index (κ3) is 2.39. The Morgan fingerprint density at radius 1 is 1.28 bits per heavy atom. The monoisotopic (exact) mass is 265 g/mol. The molecule has 0 saturated heterocycles. The molecule has 1 heterocycles. The molecule has 2 nitrogen and oxygen atoms in total. The van der Waals surface area contributed by atoms with Crippen molar-refractivity contribution >= 4 is 23.2 Å². The lowest BCUT2D eigenvalue weighted by atomic mass is 9.86. The second-order valence-electron chi connectivity index (χ2n) is 6.07. The van der Waals surface area contributed by atoms with E-state index in [2.05, 4.69) is 26.8 Å². The van der Waals surface area contributed by atoms with Gasteiger partial charge in [-0.05, 0) is 29.0 Å². The predicted molar refractivity (Wildman–Crippen MR) is 76.2 cm³/mol. The summed E-state index contributed by atoms with van der Waals surface area (Å²) < 4.78 is 0. The van der Waals surface area contributed by atoms with Crippen LogP contribution in [0.15, 0.2) is 18.2 Å². The van der Waals surface area contributed by atoms with Gasteiger partial charge >= 0.3 is 0 Å². The standard InChI is InChI=1S/C15H20ClNO/c1-15(2,3)14(16)11-5-7-12-10(9-11)6-8-13(18)17(12)4/h5,7,9,14H,6,8H2,1-4H3. The van der Waals surface area contributed by atoms with Gasteiger partial charge in [-0.1, -0.05) is 32.9 Å². The van der Waals surface area contributed by atoms with Gasteiger partial charge in [-0.15, -0.1) is 11.6 Å². The summed E-state index contributed by atoms with van der Waals surface area (Å²) in [6, 6.07) is 6.21. The molecule has 2 rings (SSSR count). The molecule has 0 aromatic heterocycles. The fourth-order valence-electron chi connectivity index (χ4n) is 2.33. The number of carbonyl (C=O) groups is 1. The average Bonchev–Trinajstić information content (AvgIpc) is 2.31. The molecule has 0 spiro atoms. The number of amides is 1. The van der Waals surface area contributed by atoms with Crippen molar-refractivity contribution in [1.82, 2.24) is 0 Å². The molecule has 0 saturated carbocycles. The van der Waals surface area contributed by atoms with E-state index in [1.807, 2.05) is 19.2 Å².